The number of para-hydroxylation sites is 2. The molecule has 0 bridgehead atoms. The Morgan fingerprint density at radius 2 is 1.88 bits per heavy atom. The Morgan fingerprint density at radius 1 is 0.958 bits per heavy atom. The van der Waals surface area contributed by atoms with E-state index in [1.165, 1.54) is 11.4 Å². The molecule has 3 aromatic heterocycles. The van der Waals surface area contributed by atoms with Crippen LogP contribution in [0.3, 0.4) is 0 Å². The minimum Gasteiger partial charge on any atom is -0.350 e. The topological polar surface area (TPSA) is 62.6 Å². The maximum atomic E-state index is 4.86. The first kappa shape index (κ1) is 13.3. The van der Waals surface area contributed by atoms with Crippen molar-refractivity contribution >= 4 is 16.9 Å². The van der Waals surface area contributed by atoms with E-state index < -0.39 is 0 Å². The van der Waals surface area contributed by atoms with Gasteiger partial charge in [-0.15, -0.1) is 0 Å². The molecular weight excluding hydrogens is 300 g/mol. The van der Waals surface area contributed by atoms with E-state index in [4.69, 9.17) is 4.98 Å². The third-order valence-corrected chi connectivity index (χ3v) is 4.52. The number of fused-ring (bicyclic) bond motifs is 2. The van der Waals surface area contributed by atoms with Gasteiger partial charge in [-0.1, -0.05) is 18.2 Å². The lowest BCUT2D eigenvalue weighted by molar-refractivity contribution is 0.700. The van der Waals surface area contributed by atoms with Gasteiger partial charge in [0, 0.05) is 13.0 Å². The number of aromatic amines is 1. The Labute approximate surface area is 138 Å². The lowest BCUT2D eigenvalue weighted by Crippen LogP contribution is -2.31. The number of aromatic nitrogens is 5. The standard InChI is InChI=1S/C18H16N6/c1-2-5-16-14(4-1)21-12-24(16)18-7-3-6-17(22-18)23-9-8-13-15(10-23)20-11-19-13/h1-7,11-12H,8-10H2,(H,19,20). The molecule has 1 N–H and O–H groups in total. The number of hydrogen-bond donors (Lipinski definition) is 1. The molecule has 0 atom stereocenters. The van der Waals surface area contributed by atoms with E-state index in [-0.39, 0.29) is 0 Å². The number of pyridine rings is 1. The quantitative estimate of drug-likeness (QED) is 0.617. The van der Waals surface area contributed by atoms with Crippen LogP contribution in [-0.4, -0.2) is 31.0 Å². The molecule has 4 heterocycles. The molecule has 0 unspecified atom stereocenters. The minimum absolute atomic E-state index is 0.816. The Bertz CT molecular complexity index is 1010. The average molecular weight is 316 g/mol. The molecular formula is C18H16N6. The van der Waals surface area contributed by atoms with E-state index >= 15 is 0 Å². The van der Waals surface area contributed by atoms with Crippen LogP contribution in [0.5, 0.6) is 0 Å². The number of imidazole rings is 2. The predicted octanol–water partition coefficient (Wildman–Crippen LogP) is 2.71. The molecule has 1 aliphatic rings. The van der Waals surface area contributed by atoms with Gasteiger partial charge < -0.3 is 9.88 Å². The lowest BCUT2D eigenvalue weighted by Gasteiger charge is -2.27. The first-order chi connectivity index (χ1) is 11.9. The van der Waals surface area contributed by atoms with E-state index in [9.17, 15) is 0 Å². The summed E-state index contributed by atoms with van der Waals surface area (Å²) in [6, 6.07) is 14.2. The molecule has 0 saturated carbocycles. The summed E-state index contributed by atoms with van der Waals surface area (Å²) < 4.78 is 2.03. The molecule has 24 heavy (non-hydrogen) atoms. The number of H-pyrrole nitrogens is 1. The fourth-order valence-corrected chi connectivity index (χ4v) is 3.27. The predicted molar refractivity (Wildman–Crippen MR) is 92.2 cm³/mol. The second-order valence-electron chi connectivity index (χ2n) is 5.96. The third kappa shape index (κ3) is 2.07. The van der Waals surface area contributed by atoms with Gasteiger partial charge in [0.1, 0.15) is 18.0 Å². The van der Waals surface area contributed by atoms with Crippen molar-refractivity contribution in [2.45, 2.75) is 13.0 Å². The van der Waals surface area contributed by atoms with Crippen LogP contribution in [0.2, 0.25) is 0 Å². The molecule has 0 aliphatic carbocycles. The van der Waals surface area contributed by atoms with Crippen molar-refractivity contribution in [2.75, 3.05) is 11.4 Å². The van der Waals surface area contributed by atoms with E-state index in [0.29, 0.717) is 0 Å². The number of benzene rings is 1. The molecule has 5 rings (SSSR count). The highest BCUT2D eigenvalue weighted by atomic mass is 15.2. The van der Waals surface area contributed by atoms with Gasteiger partial charge >= 0.3 is 0 Å². The van der Waals surface area contributed by atoms with Crippen LogP contribution in [0, 0.1) is 0 Å². The first-order valence-electron chi connectivity index (χ1n) is 8.04. The van der Waals surface area contributed by atoms with Crippen LogP contribution in [-0.2, 0) is 13.0 Å². The first-order valence-corrected chi connectivity index (χ1v) is 8.04. The summed E-state index contributed by atoms with van der Waals surface area (Å²) in [4.78, 5) is 19.2. The highest BCUT2D eigenvalue weighted by molar-refractivity contribution is 5.76. The van der Waals surface area contributed by atoms with Gasteiger partial charge in [-0.05, 0) is 24.3 Å². The summed E-state index contributed by atoms with van der Waals surface area (Å²) >= 11 is 0. The molecule has 118 valence electrons. The zero-order valence-electron chi connectivity index (χ0n) is 13.1. The molecule has 0 amide bonds. The fourth-order valence-electron chi connectivity index (χ4n) is 3.27. The van der Waals surface area contributed by atoms with Crippen molar-refractivity contribution in [3.8, 4) is 5.82 Å². The molecule has 4 aromatic rings. The van der Waals surface area contributed by atoms with E-state index in [2.05, 4.69) is 38.1 Å². The lowest BCUT2D eigenvalue weighted by atomic mass is 10.1. The zero-order chi connectivity index (χ0) is 15.9. The molecule has 1 aliphatic heterocycles. The minimum atomic E-state index is 0.816. The Balaban J connectivity index is 1.53. The van der Waals surface area contributed by atoms with Crippen molar-refractivity contribution in [3.63, 3.8) is 0 Å². The van der Waals surface area contributed by atoms with Gasteiger partial charge in [-0.2, -0.15) is 0 Å². The van der Waals surface area contributed by atoms with Gasteiger partial charge in [-0.3, -0.25) is 4.57 Å². The summed E-state index contributed by atoms with van der Waals surface area (Å²) in [7, 11) is 0. The number of hydrogen-bond acceptors (Lipinski definition) is 4. The second kappa shape index (κ2) is 5.19. The maximum Gasteiger partial charge on any atom is 0.140 e. The Hall–Kier alpha value is -3.15. The van der Waals surface area contributed by atoms with Crippen LogP contribution in [0.1, 0.15) is 11.4 Å². The van der Waals surface area contributed by atoms with Crippen molar-refractivity contribution in [2.24, 2.45) is 0 Å². The van der Waals surface area contributed by atoms with Gasteiger partial charge in [0.25, 0.3) is 0 Å². The summed E-state index contributed by atoms with van der Waals surface area (Å²) in [5.74, 6) is 1.86. The summed E-state index contributed by atoms with van der Waals surface area (Å²) in [6.07, 6.45) is 4.55. The smallest absolute Gasteiger partial charge is 0.140 e. The monoisotopic (exact) mass is 316 g/mol. The molecule has 0 fully saturated rings. The highest BCUT2D eigenvalue weighted by Crippen LogP contribution is 2.23. The van der Waals surface area contributed by atoms with Crippen molar-refractivity contribution in [1.82, 2.24) is 24.5 Å². The zero-order valence-corrected chi connectivity index (χ0v) is 13.1. The molecule has 6 heteroatoms. The van der Waals surface area contributed by atoms with Crippen molar-refractivity contribution < 1.29 is 0 Å². The fraction of sp³-hybridized carbons (Fsp3) is 0.167. The van der Waals surface area contributed by atoms with Gasteiger partial charge in [0.05, 0.1) is 35.3 Å². The number of rotatable bonds is 2. The van der Waals surface area contributed by atoms with Crippen LogP contribution in [0.4, 0.5) is 5.82 Å². The van der Waals surface area contributed by atoms with E-state index in [1.54, 1.807) is 6.33 Å². The highest BCUT2D eigenvalue weighted by Gasteiger charge is 2.19. The van der Waals surface area contributed by atoms with Crippen LogP contribution >= 0.6 is 0 Å². The molecule has 0 radical (unpaired) electrons. The van der Waals surface area contributed by atoms with E-state index in [0.717, 1.165) is 42.2 Å². The van der Waals surface area contributed by atoms with Gasteiger partial charge in [0.15, 0.2) is 0 Å². The number of anilines is 1. The molecule has 0 spiro atoms. The molecule has 0 saturated heterocycles. The number of nitrogens with zero attached hydrogens (tertiary/aromatic N) is 5. The normalized spacial score (nSPS) is 14.1. The van der Waals surface area contributed by atoms with Crippen molar-refractivity contribution in [1.29, 1.82) is 0 Å². The Morgan fingerprint density at radius 3 is 2.88 bits per heavy atom. The van der Waals surface area contributed by atoms with Gasteiger partial charge in [0.2, 0.25) is 0 Å². The number of nitrogens with one attached hydrogen (secondary N) is 1. The Kier molecular flexibility index (Phi) is 2.88. The summed E-state index contributed by atoms with van der Waals surface area (Å²) in [5.41, 5.74) is 4.39. The molecule has 1 aromatic carbocycles. The average Bonchev–Trinajstić information content (AvgIpc) is 3.28. The third-order valence-electron chi connectivity index (χ3n) is 4.52. The van der Waals surface area contributed by atoms with Gasteiger partial charge in [-0.25, -0.2) is 15.0 Å². The molecule has 6 nitrogen and oxygen atoms in total. The van der Waals surface area contributed by atoms with Crippen LogP contribution in [0.15, 0.2) is 55.1 Å². The SMILES string of the molecule is c1cc(N2CCc3nc[nH]c3C2)nc(-n2cnc3ccccc32)c1. The second-order valence-corrected chi connectivity index (χ2v) is 5.96. The summed E-state index contributed by atoms with van der Waals surface area (Å²) in [6.45, 7) is 1.75. The maximum absolute atomic E-state index is 4.86. The van der Waals surface area contributed by atoms with Crippen LogP contribution < -0.4 is 4.90 Å². The summed E-state index contributed by atoms with van der Waals surface area (Å²) in [5, 5.41) is 0. The largest absolute Gasteiger partial charge is 0.350 e. The van der Waals surface area contributed by atoms with E-state index in [1.807, 2.05) is 35.2 Å². The van der Waals surface area contributed by atoms with Crippen LogP contribution in [0.25, 0.3) is 16.9 Å². The van der Waals surface area contributed by atoms with Crippen molar-refractivity contribution in [3.05, 3.63) is 66.5 Å².